The molecular weight excluding hydrogens is 304 g/mol. The second-order valence-electron chi connectivity index (χ2n) is 6.01. The van der Waals surface area contributed by atoms with E-state index in [1.807, 2.05) is 17.0 Å². The Bertz CT molecular complexity index is 649. The largest absolute Gasteiger partial charge is 0.330 e. The molecule has 0 atom stereocenters. The zero-order chi connectivity index (χ0) is 14.9. The first kappa shape index (κ1) is 14.9. The fourth-order valence-electron chi connectivity index (χ4n) is 3.31. The highest BCUT2D eigenvalue weighted by atomic mass is 32.2. The van der Waals surface area contributed by atoms with Crippen LogP contribution in [0.15, 0.2) is 33.6 Å². The Balaban J connectivity index is 1.93. The molecule has 0 amide bonds. The van der Waals surface area contributed by atoms with Gasteiger partial charge in [-0.2, -0.15) is 21.0 Å². The number of anilines is 1. The lowest BCUT2D eigenvalue weighted by Crippen LogP contribution is -2.41. The average molecular weight is 324 g/mol. The van der Waals surface area contributed by atoms with Crippen molar-refractivity contribution in [2.75, 3.05) is 17.2 Å². The van der Waals surface area contributed by atoms with Gasteiger partial charge >= 0.3 is 0 Å². The summed E-state index contributed by atoms with van der Waals surface area (Å²) in [6.07, 6.45) is 7.51. The molecular formula is C15H20N2O2S2. The number of thiol groups is 1. The summed E-state index contributed by atoms with van der Waals surface area (Å²) in [5, 5.41) is 0. The first-order valence-electron chi connectivity index (χ1n) is 7.33. The minimum Gasteiger partial charge on any atom is -0.330 e. The van der Waals surface area contributed by atoms with Crippen LogP contribution in [0.4, 0.5) is 5.69 Å². The highest BCUT2D eigenvalue weighted by Gasteiger charge is 2.35. The van der Waals surface area contributed by atoms with Crippen molar-refractivity contribution in [2.45, 2.75) is 37.0 Å². The molecule has 4 nitrogen and oxygen atoms in total. The van der Waals surface area contributed by atoms with Gasteiger partial charge < -0.3 is 4.90 Å². The van der Waals surface area contributed by atoms with Crippen LogP contribution >= 0.6 is 12.6 Å². The monoisotopic (exact) mass is 324 g/mol. The Labute approximate surface area is 131 Å². The molecule has 0 bridgehead atoms. The topological polar surface area (TPSA) is 49.7 Å². The first-order valence-corrected chi connectivity index (χ1v) is 9.41. The Morgan fingerprint density at radius 2 is 1.90 bits per heavy atom. The van der Waals surface area contributed by atoms with Gasteiger partial charge in [-0.3, -0.25) is 0 Å². The molecule has 2 aliphatic rings. The Kier molecular flexibility index (Phi) is 4.01. The minimum absolute atomic E-state index is 0.154. The molecule has 0 N–H and O–H groups in total. The van der Waals surface area contributed by atoms with Crippen molar-refractivity contribution in [1.82, 2.24) is 0 Å². The summed E-state index contributed by atoms with van der Waals surface area (Å²) < 4.78 is 27.8. The van der Waals surface area contributed by atoms with Crippen LogP contribution in [0.25, 0.3) is 0 Å². The number of rotatable bonds is 3. The lowest BCUT2D eigenvalue weighted by molar-refractivity contribution is 0.234. The van der Waals surface area contributed by atoms with Crippen molar-refractivity contribution in [3.05, 3.63) is 24.3 Å². The van der Waals surface area contributed by atoms with Crippen molar-refractivity contribution >= 4 is 34.7 Å². The van der Waals surface area contributed by atoms with E-state index in [-0.39, 0.29) is 5.41 Å². The van der Waals surface area contributed by atoms with Crippen LogP contribution in [0, 0.1) is 5.41 Å². The predicted molar refractivity (Wildman–Crippen MR) is 88.8 cm³/mol. The fourth-order valence-corrected chi connectivity index (χ4v) is 4.77. The predicted octanol–water partition coefficient (Wildman–Crippen LogP) is 3.10. The van der Waals surface area contributed by atoms with Crippen molar-refractivity contribution in [3.8, 4) is 0 Å². The second-order valence-corrected chi connectivity index (χ2v) is 7.93. The van der Waals surface area contributed by atoms with Gasteiger partial charge in [0.1, 0.15) is 11.2 Å². The van der Waals surface area contributed by atoms with E-state index in [0.29, 0.717) is 4.90 Å². The lowest BCUT2D eigenvalue weighted by atomic mass is 9.75. The van der Waals surface area contributed by atoms with Crippen molar-refractivity contribution in [1.29, 1.82) is 0 Å². The van der Waals surface area contributed by atoms with Gasteiger partial charge in [-0.1, -0.05) is 31.4 Å². The third-order valence-electron chi connectivity index (χ3n) is 4.53. The summed E-state index contributed by atoms with van der Waals surface area (Å²) in [5.74, 6) is 0.826. The third-order valence-corrected chi connectivity index (χ3v) is 6.48. The quantitative estimate of drug-likeness (QED) is 0.869. The molecule has 3 rings (SSSR count). The molecule has 114 valence electrons. The van der Waals surface area contributed by atoms with E-state index in [1.54, 1.807) is 12.1 Å². The first-order chi connectivity index (χ1) is 10.1. The molecule has 0 spiro atoms. The SMILES string of the molecule is O=S1(=O)N=CN(CC2(CS)CCCCC2)c2ccccc21. The van der Waals surface area contributed by atoms with E-state index < -0.39 is 10.0 Å². The van der Waals surface area contributed by atoms with Crippen molar-refractivity contribution < 1.29 is 8.42 Å². The van der Waals surface area contributed by atoms with Gasteiger partial charge in [-0.15, -0.1) is 4.40 Å². The van der Waals surface area contributed by atoms with E-state index in [9.17, 15) is 8.42 Å². The Hall–Kier alpha value is -1.01. The Morgan fingerprint density at radius 1 is 1.19 bits per heavy atom. The lowest BCUT2D eigenvalue weighted by Gasteiger charge is -2.40. The van der Waals surface area contributed by atoms with Gasteiger partial charge in [0.25, 0.3) is 10.0 Å². The molecule has 1 heterocycles. The molecule has 0 saturated heterocycles. The van der Waals surface area contributed by atoms with E-state index in [1.165, 1.54) is 25.6 Å². The maximum Gasteiger partial charge on any atom is 0.285 e. The van der Waals surface area contributed by atoms with Crippen LogP contribution in [0.2, 0.25) is 0 Å². The van der Waals surface area contributed by atoms with Crippen molar-refractivity contribution in [2.24, 2.45) is 9.81 Å². The summed E-state index contributed by atoms with van der Waals surface area (Å²) in [4.78, 5) is 2.29. The molecule has 0 aromatic heterocycles. The van der Waals surface area contributed by atoms with E-state index >= 15 is 0 Å². The number of fused-ring (bicyclic) bond motifs is 1. The molecule has 1 aromatic rings. The number of nitrogens with zero attached hydrogens (tertiary/aromatic N) is 2. The Morgan fingerprint density at radius 3 is 2.62 bits per heavy atom. The number of para-hydroxylation sites is 1. The molecule has 1 saturated carbocycles. The molecule has 1 aliphatic heterocycles. The standard InChI is InChI=1S/C15H20N2O2S2/c18-21(19)14-7-3-2-6-13(14)17(12-16-21)10-15(11-20)8-4-1-5-9-15/h2-3,6-7,12,20H,1,4-5,8-11H2. The zero-order valence-electron chi connectivity index (χ0n) is 11.9. The van der Waals surface area contributed by atoms with Crippen LogP contribution in [-0.4, -0.2) is 27.1 Å². The summed E-state index contributed by atoms with van der Waals surface area (Å²) in [5.41, 5.74) is 0.890. The fraction of sp³-hybridized carbons (Fsp3) is 0.533. The molecule has 1 aliphatic carbocycles. The van der Waals surface area contributed by atoms with Gasteiger partial charge in [0.2, 0.25) is 0 Å². The molecule has 1 fully saturated rings. The highest BCUT2D eigenvalue weighted by Crippen LogP contribution is 2.40. The van der Waals surface area contributed by atoms with Gasteiger partial charge in [0.15, 0.2) is 0 Å². The number of sulfonamides is 1. The molecule has 6 heteroatoms. The minimum atomic E-state index is -3.53. The summed E-state index contributed by atoms with van der Waals surface area (Å²) in [6, 6.07) is 7.09. The normalized spacial score (nSPS) is 22.8. The zero-order valence-corrected chi connectivity index (χ0v) is 13.6. The number of benzene rings is 1. The van der Waals surface area contributed by atoms with E-state index in [0.717, 1.165) is 30.8 Å². The number of hydrogen-bond acceptors (Lipinski definition) is 4. The van der Waals surface area contributed by atoms with Gasteiger partial charge in [0, 0.05) is 6.54 Å². The van der Waals surface area contributed by atoms with Crippen LogP contribution in [-0.2, 0) is 10.0 Å². The van der Waals surface area contributed by atoms with E-state index in [2.05, 4.69) is 17.0 Å². The number of hydrogen-bond donors (Lipinski definition) is 1. The van der Waals surface area contributed by atoms with Gasteiger partial charge in [0.05, 0.1) is 5.69 Å². The highest BCUT2D eigenvalue weighted by molar-refractivity contribution is 7.90. The third kappa shape index (κ3) is 2.83. The van der Waals surface area contributed by atoms with E-state index in [4.69, 9.17) is 0 Å². The molecule has 0 radical (unpaired) electrons. The summed E-state index contributed by atoms with van der Waals surface area (Å²) in [6.45, 7) is 0.784. The molecule has 21 heavy (non-hydrogen) atoms. The maximum atomic E-state index is 12.0. The van der Waals surface area contributed by atoms with Crippen LogP contribution < -0.4 is 4.90 Å². The van der Waals surface area contributed by atoms with Crippen LogP contribution in [0.3, 0.4) is 0 Å². The van der Waals surface area contributed by atoms with Crippen molar-refractivity contribution in [3.63, 3.8) is 0 Å². The van der Waals surface area contributed by atoms with Gasteiger partial charge in [-0.25, -0.2) is 0 Å². The van der Waals surface area contributed by atoms with Crippen LogP contribution in [0.1, 0.15) is 32.1 Å². The summed E-state index contributed by atoms with van der Waals surface area (Å²) >= 11 is 4.56. The average Bonchev–Trinajstić information content (AvgIpc) is 2.52. The van der Waals surface area contributed by atoms with Crippen LogP contribution in [0.5, 0.6) is 0 Å². The van der Waals surface area contributed by atoms with Gasteiger partial charge in [-0.05, 0) is 36.1 Å². The maximum absolute atomic E-state index is 12.0. The molecule has 1 aromatic carbocycles. The smallest absolute Gasteiger partial charge is 0.285 e. The second kappa shape index (κ2) is 5.65. The molecule has 0 unspecified atom stereocenters. The summed E-state index contributed by atoms with van der Waals surface area (Å²) in [7, 11) is -3.53.